The molecule has 0 aliphatic carbocycles. The molecule has 24 heavy (non-hydrogen) atoms. The fourth-order valence-electron chi connectivity index (χ4n) is 1.83. The number of carbonyl (C=O) groups is 2. The second kappa shape index (κ2) is 7.55. The Bertz CT molecular complexity index is 760. The molecular weight excluding hydrogens is 338 g/mol. The van der Waals surface area contributed by atoms with Gasteiger partial charge in [0.25, 0.3) is 11.8 Å². The highest BCUT2D eigenvalue weighted by Gasteiger charge is 2.24. The lowest BCUT2D eigenvalue weighted by Crippen LogP contribution is -2.45. The number of hydrogen-bond acceptors (Lipinski definition) is 5. The molecule has 0 saturated carbocycles. The lowest BCUT2D eigenvalue weighted by molar-refractivity contribution is -0.389. The summed E-state index contributed by atoms with van der Waals surface area (Å²) in [5, 5.41) is 13.9. The van der Waals surface area contributed by atoms with Gasteiger partial charge in [0.2, 0.25) is 0 Å². The second-order valence-corrected chi connectivity index (χ2v) is 5.50. The van der Waals surface area contributed by atoms with Gasteiger partial charge in [0.05, 0.1) is 17.7 Å². The van der Waals surface area contributed by atoms with E-state index < -0.39 is 27.9 Å². The molecule has 9 nitrogen and oxygen atoms in total. The first-order valence-corrected chi connectivity index (χ1v) is 7.32. The molecular formula is C14H14ClN5O4. The number of alkyl halides is 1. The van der Waals surface area contributed by atoms with Crippen molar-refractivity contribution in [1.29, 1.82) is 0 Å². The molecule has 2 amide bonds. The number of carbonyl (C=O) groups excluding carboxylic acids is 2. The number of benzene rings is 1. The first-order chi connectivity index (χ1) is 11.4. The van der Waals surface area contributed by atoms with Gasteiger partial charge < -0.3 is 10.1 Å². The molecule has 10 heteroatoms. The van der Waals surface area contributed by atoms with Crippen LogP contribution in [-0.2, 0) is 11.3 Å². The largest absolute Gasteiger partial charge is 0.390 e. The van der Waals surface area contributed by atoms with Crippen LogP contribution in [0.5, 0.6) is 0 Å². The Hall–Kier alpha value is -2.94. The summed E-state index contributed by atoms with van der Waals surface area (Å²) >= 11 is 5.57. The quantitative estimate of drug-likeness (QED) is 0.477. The molecule has 0 unspecified atom stereocenters. The molecule has 1 atom stereocenters. The van der Waals surface area contributed by atoms with E-state index in [9.17, 15) is 19.7 Å². The molecule has 1 heterocycles. The fraction of sp³-hybridized carbons (Fsp3) is 0.214. The van der Waals surface area contributed by atoms with Crippen LogP contribution in [-0.4, -0.2) is 31.9 Å². The fourth-order valence-corrected chi connectivity index (χ4v) is 1.89. The lowest BCUT2D eigenvalue weighted by Gasteiger charge is -2.08. The minimum absolute atomic E-state index is 0.0620. The van der Waals surface area contributed by atoms with E-state index >= 15 is 0 Å². The molecule has 1 aromatic carbocycles. The van der Waals surface area contributed by atoms with Crippen molar-refractivity contribution in [3.05, 3.63) is 57.8 Å². The van der Waals surface area contributed by atoms with Crippen LogP contribution in [0, 0.1) is 10.1 Å². The third kappa shape index (κ3) is 4.29. The van der Waals surface area contributed by atoms with Crippen LogP contribution in [0.3, 0.4) is 0 Å². The van der Waals surface area contributed by atoms with Crippen LogP contribution < -0.4 is 10.9 Å². The Morgan fingerprint density at radius 2 is 2.00 bits per heavy atom. The summed E-state index contributed by atoms with van der Waals surface area (Å²) in [6, 6.07) is 10.1. The predicted molar refractivity (Wildman–Crippen MR) is 85.3 cm³/mol. The third-order valence-electron chi connectivity index (χ3n) is 3.02. The van der Waals surface area contributed by atoms with Gasteiger partial charge in [-0.2, -0.15) is 4.68 Å². The maximum atomic E-state index is 12.2. The van der Waals surface area contributed by atoms with Gasteiger partial charge in [0.1, 0.15) is 5.38 Å². The highest BCUT2D eigenvalue weighted by Crippen LogP contribution is 2.14. The number of aromatic nitrogens is 2. The van der Waals surface area contributed by atoms with Gasteiger partial charge in [-0.1, -0.05) is 30.3 Å². The van der Waals surface area contributed by atoms with Crippen molar-refractivity contribution in [1.82, 2.24) is 20.6 Å². The summed E-state index contributed by atoms with van der Waals surface area (Å²) in [6.45, 7) is 1.60. The number of nitrogens with one attached hydrogen (secondary N) is 2. The smallest absolute Gasteiger partial charge is 0.358 e. The summed E-state index contributed by atoms with van der Waals surface area (Å²) in [5.41, 5.74) is 5.03. The first kappa shape index (κ1) is 17.4. The topological polar surface area (TPSA) is 119 Å². The van der Waals surface area contributed by atoms with Crippen molar-refractivity contribution in [2.24, 2.45) is 0 Å². The van der Waals surface area contributed by atoms with Crippen LogP contribution >= 0.6 is 11.6 Å². The summed E-state index contributed by atoms with van der Waals surface area (Å²) in [5.74, 6) is -1.81. The Morgan fingerprint density at radius 1 is 1.33 bits per heavy atom. The normalized spacial score (nSPS) is 11.6. The molecule has 0 aliphatic heterocycles. The zero-order valence-electron chi connectivity index (χ0n) is 12.6. The average molecular weight is 352 g/mol. The van der Waals surface area contributed by atoms with E-state index in [0.29, 0.717) is 0 Å². The van der Waals surface area contributed by atoms with Gasteiger partial charge in [-0.25, -0.2) is 0 Å². The Kier molecular flexibility index (Phi) is 5.48. The standard InChI is InChI=1S/C14H14ClN5O4/c1-9(15)13(21)16-17-14(22)11-7-12(20(23)24)18-19(11)8-10-5-3-2-4-6-10/h2-7,9H,8H2,1H3,(H,16,21)(H,17,22)/t9-/m1/s1. The number of hydrogen-bond donors (Lipinski definition) is 2. The molecule has 2 aromatic rings. The average Bonchev–Trinajstić information content (AvgIpc) is 2.97. The van der Waals surface area contributed by atoms with Crippen molar-refractivity contribution in [3.63, 3.8) is 0 Å². The van der Waals surface area contributed by atoms with Gasteiger partial charge in [0.15, 0.2) is 5.69 Å². The Balaban J connectivity index is 2.22. The maximum absolute atomic E-state index is 12.2. The molecule has 0 aliphatic rings. The minimum atomic E-state index is -0.839. The van der Waals surface area contributed by atoms with E-state index in [0.717, 1.165) is 11.6 Å². The van der Waals surface area contributed by atoms with Crippen molar-refractivity contribution in [2.45, 2.75) is 18.8 Å². The number of nitrogens with zero attached hydrogens (tertiary/aromatic N) is 3. The van der Waals surface area contributed by atoms with E-state index in [1.54, 1.807) is 24.3 Å². The van der Waals surface area contributed by atoms with E-state index in [1.165, 1.54) is 11.6 Å². The zero-order chi connectivity index (χ0) is 17.7. The SMILES string of the molecule is C[C@@H](Cl)C(=O)NNC(=O)c1cc([N+](=O)[O-])nn1Cc1ccccc1. The molecule has 2 N–H and O–H groups in total. The maximum Gasteiger partial charge on any atom is 0.390 e. The van der Waals surface area contributed by atoms with Gasteiger partial charge in [-0.05, 0) is 17.4 Å². The molecule has 0 saturated heterocycles. The molecule has 0 spiro atoms. The Morgan fingerprint density at radius 3 is 2.58 bits per heavy atom. The number of amides is 2. The van der Waals surface area contributed by atoms with Crippen molar-refractivity contribution >= 4 is 29.2 Å². The van der Waals surface area contributed by atoms with Crippen molar-refractivity contribution in [2.75, 3.05) is 0 Å². The van der Waals surface area contributed by atoms with Crippen LogP contribution in [0.2, 0.25) is 0 Å². The molecule has 126 valence electrons. The second-order valence-electron chi connectivity index (χ2n) is 4.85. The van der Waals surface area contributed by atoms with Gasteiger partial charge in [0, 0.05) is 0 Å². The van der Waals surface area contributed by atoms with Crippen molar-refractivity contribution in [3.8, 4) is 0 Å². The van der Waals surface area contributed by atoms with Gasteiger partial charge in [-0.15, -0.1) is 11.6 Å². The third-order valence-corrected chi connectivity index (χ3v) is 3.22. The van der Waals surface area contributed by atoms with Gasteiger partial charge in [-0.3, -0.25) is 20.4 Å². The molecule has 0 radical (unpaired) electrons. The first-order valence-electron chi connectivity index (χ1n) is 6.89. The van der Waals surface area contributed by atoms with Gasteiger partial charge >= 0.3 is 5.82 Å². The monoisotopic (exact) mass is 351 g/mol. The van der Waals surface area contributed by atoms with Crippen LogP contribution in [0.1, 0.15) is 23.0 Å². The highest BCUT2D eigenvalue weighted by molar-refractivity contribution is 6.30. The Labute approximate surface area is 141 Å². The molecule has 2 rings (SSSR count). The number of rotatable bonds is 5. The number of halogens is 1. The van der Waals surface area contributed by atoms with Crippen LogP contribution in [0.15, 0.2) is 36.4 Å². The summed E-state index contributed by atoms with van der Waals surface area (Å²) < 4.78 is 1.19. The van der Waals surface area contributed by atoms with Crippen molar-refractivity contribution < 1.29 is 14.5 Å². The predicted octanol–water partition coefficient (Wildman–Crippen LogP) is 1.23. The molecule has 1 aromatic heterocycles. The summed E-state index contributed by atoms with van der Waals surface area (Å²) in [6.07, 6.45) is 0. The van der Waals surface area contributed by atoms with Crippen LogP contribution in [0.4, 0.5) is 5.82 Å². The highest BCUT2D eigenvalue weighted by atomic mass is 35.5. The van der Waals surface area contributed by atoms with E-state index in [-0.39, 0.29) is 12.2 Å². The summed E-state index contributed by atoms with van der Waals surface area (Å²) in [7, 11) is 0. The molecule has 0 fully saturated rings. The number of nitro groups is 1. The van der Waals surface area contributed by atoms with E-state index in [4.69, 9.17) is 11.6 Å². The number of hydrazine groups is 1. The zero-order valence-corrected chi connectivity index (χ0v) is 13.4. The molecule has 0 bridgehead atoms. The summed E-state index contributed by atoms with van der Waals surface area (Å²) in [4.78, 5) is 33.8. The minimum Gasteiger partial charge on any atom is -0.358 e. The lowest BCUT2D eigenvalue weighted by atomic mass is 10.2. The van der Waals surface area contributed by atoms with E-state index in [2.05, 4.69) is 16.0 Å². The van der Waals surface area contributed by atoms with Crippen LogP contribution in [0.25, 0.3) is 0 Å². The van der Waals surface area contributed by atoms with E-state index in [1.807, 2.05) is 6.07 Å².